The fourth-order valence-electron chi connectivity index (χ4n) is 2.76. The zero-order chi connectivity index (χ0) is 14.4. The van der Waals surface area contributed by atoms with Gasteiger partial charge in [0.25, 0.3) is 0 Å². The van der Waals surface area contributed by atoms with Gasteiger partial charge in [-0.1, -0.05) is 35.0 Å². The third kappa shape index (κ3) is 5.19. The van der Waals surface area contributed by atoms with E-state index in [-0.39, 0.29) is 0 Å². The van der Waals surface area contributed by atoms with Crippen LogP contribution in [0.1, 0.15) is 37.3 Å². The number of halogens is 1. The lowest BCUT2D eigenvalue weighted by Gasteiger charge is -2.30. The van der Waals surface area contributed by atoms with Gasteiger partial charge in [-0.2, -0.15) is 0 Å². The molecule has 0 aromatic heterocycles. The van der Waals surface area contributed by atoms with E-state index in [1.54, 1.807) is 0 Å². The fourth-order valence-corrected chi connectivity index (χ4v) is 3.01. The highest BCUT2D eigenvalue weighted by Crippen LogP contribution is 2.17. The minimum absolute atomic E-state index is 0.935. The largest absolute Gasteiger partial charge is 0.313 e. The zero-order valence-corrected chi connectivity index (χ0v) is 14.4. The van der Waals surface area contributed by atoms with Gasteiger partial charge >= 0.3 is 0 Å². The highest BCUT2D eigenvalue weighted by Gasteiger charge is 2.14. The minimum atomic E-state index is 0.935. The van der Waals surface area contributed by atoms with Gasteiger partial charge in [0, 0.05) is 11.0 Å². The van der Waals surface area contributed by atoms with Crippen LogP contribution in [0, 0.1) is 12.8 Å². The van der Waals surface area contributed by atoms with Crippen molar-refractivity contribution < 1.29 is 0 Å². The summed E-state index contributed by atoms with van der Waals surface area (Å²) in [7, 11) is 0. The molecule has 1 heterocycles. The van der Waals surface area contributed by atoms with Gasteiger partial charge in [-0.25, -0.2) is 0 Å². The number of hydrogen-bond donors (Lipinski definition) is 1. The van der Waals surface area contributed by atoms with Crippen molar-refractivity contribution in [2.24, 2.45) is 5.92 Å². The quantitative estimate of drug-likeness (QED) is 0.789. The first kappa shape index (κ1) is 16.0. The predicted molar refractivity (Wildman–Crippen MR) is 90.0 cm³/mol. The van der Waals surface area contributed by atoms with Crippen molar-refractivity contribution in [3.8, 4) is 0 Å². The maximum absolute atomic E-state index is 3.55. The van der Waals surface area contributed by atoms with Crippen molar-refractivity contribution in [1.29, 1.82) is 0 Å². The van der Waals surface area contributed by atoms with Crippen molar-refractivity contribution in [1.82, 2.24) is 10.2 Å². The number of rotatable bonds is 6. The third-order valence-electron chi connectivity index (χ3n) is 4.26. The second kappa shape index (κ2) is 8.16. The molecule has 1 fully saturated rings. The van der Waals surface area contributed by atoms with Gasteiger partial charge in [0.2, 0.25) is 0 Å². The van der Waals surface area contributed by atoms with Crippen LogP contribution < -0.4 is 5.32 Å². The molecule has 0 aliphatic carbocycles. The molecule has 1 aromatic carbocycles. The Morgan fingerprint density at radius 3 is 2.75 bits per heavy atom. The van der Waals surface area contributed by atoms with E-state index < -0.39 is 0 Å². The molecule has 0 saturated carbocycles. The molecule has 2 rings (SSSR count). The number of aryl methyl sites for hydroxylation is 1. The molecule has 1 saturated heterocycles. The van der Waals surface area contributed by atoms with E-state index in [1.807, 2.05) is 0 Å². The molecule has 1 aliphatic rings. The molecule has 0 radical (unpaired) electrons. The highest BCUT2D eigenvalue weighted by atomic mass is 79.9. The molecule has 2 nitrogen and oxygen atoms in total. The first-order valence-electron chi connectivity index (χ1n) is 7.83. The van der Waals surface area contributed by atoms with Crippen molar-refractivity contribution in [3.05, 3.63) is 33.8 Å². The van der Waals surface area contributed by atoms with Crippen LogP contribution in [-0.4, -0.2) is 31.1 Å². The smallest absolute Gasteiger partial charge is 0.0205 e. The fraction of sp³-hybridized carbons (Fsp3) is 0.647. The molecular weight excluding hydrogens is 312 g/mol. The van der Waals surface area contributed by atoms with Crippen molar-refractivity contribution in [3.63, 3.8) is 0 Å². The lowest BCUT2D eigenvalue weighted by atomic mass is 9.99. The number of hydrogen-bond acceptors (Lipinski definition) is 2. The third-order valence-corrected chi connectivity index (χ3v) is 5.15. The summed E-state index contributed by atoms with van der Waals surface area (Å²) in [6.07, 6.45) is 4.01. The summed E-state index contributed by atoms with van der Waals surface area (Å²) in [6, 6.07) is 6.58. The first-order valence-corrected chi connectivity index (χ1v) is 8.62. The van der Waals surface area contributed by atoms with Crippen LogP contribution in [0.15, 0.2) is 22.7 Å². The average Bonchev–Trinajstić information content (AvgIpc) is 2.44. The van der Waals surface area contributed by atoms with Gasteiger partial charge in [-0.05, 0) is 75.5 Å². The lowest BCUT2D eigenvalue weighted by molar-refractivity contribution is 0.190. The molecule has 3 heteroatoms. The monoisotopic (exact) mass is 338 g/mol. The van der Waals surface area contributed by atoms with Gasteiger partial charge in [0.1, 0.15) is 0 Å². The van der Waals surface area contributed by atoms with E-state index in [9.17, 15) is 0 Å². The average molecular weight is 339 g/mol. The summed E-state index contributed by atoms with van der Waals surface area (Å²) >= 11 is 3.54. The Balaban J connectivity index is 1.58. The summed E-state index contributed by atoms with van der Waals surface area (Å²) in [4.78, 5) is 2.62. The Morgan fingerprint density at radius 1 is 1.30 bits per heavy atom. The van der Waals surface area contributed by atoms with Crippen LogP contribution in [0.2, 0.25) is 0 Å². The number of likely N-dealkylation sites (tertiary alicyclic amines) is 1. The Kier molecular flexibility index (Phi) is 6.53. The van der Waals surface area contributed by atoms with E-state index >= 15 is 0 Å². The second-order valence-corrected chi connectivity index (χ2v) is 6.99. The molecule has 0 atom stereocenters. The summed E-state index contributed by atoms with van der Waals surface area (Å²) in [6.45, 7) is 10.5. The lowest BCUT2D eigenvalue weighted by Crippen LogP contribution is -2.34. The predicted octanol–water partition coefficient (Wildman–Crippen LogP) is 3.97. The number of benzene rings is 1. The molecule has 1 aliphatic heterocycles. The normalized spacial score (nSPS) is 17.6. The molecule has 1 aromatic rings. The molecule has 20 heavy (non-hydrogen) atoms. The van der Waals surface area contributed by atoms with Gasteiger partial charge in [0.15, 0.2) is 0 Å². The Hall–Kier alpha value is -0.380. The number of piperidine rings is 1. The summed E-state index contributed by atoms with van der Waals surface area (Å²) < 4.78 is 1.19. The van der Waals surface area contributed by atoms with Crippen LogP contribution in [0.5, 0.6) is 0 Å². The molecule has 0 bridgehead atoms. The standard InChI is InChI=1S/C17H27BrN2/c1-14-6-10-20(11-7-14)9-3-8-19-13-16-4-5-17(18)15(2)12-16/h4-5,12,14,19H,3,6-11,13H2,1-2H3. The Morgan fingerprint density at radius 2 is 2.05 bits per heavy atom. The van der Waals surface area contributed by atoms with Crippen LogP contribution in [0.3, 0.4) is 0 Å². The number of nitrogens with zero attached hydrogens (tertiary/aromatic N) is 1. The SMILES string of the molecule is Cc1cc(CNCCCN2CCC(C)CC2)ccc1Br. The summed E-state index contributed by atoms with van der Waals surface area (Å²) in [5, 5.41) is 3.55. The van der Waals surface area contributed by atoms with E-state index in [0.717, 1.165) is 19.0 Å². The Bertz CT molecular complexity index is 411. The molecule has 1 N–H and O–H groups in total. The maximum Gasteiger partial charge on any atom is 0.0205 e. The van der Waals surface area contributed by atoms with Crippen LogP contribution in [0.4, 0.5) is 0 Å². The van der Waals surface area contributed by atoms with Crippen molar-refractivity contribution in [2.75, 3.05) is 26.2 Å². The van der Waals surface area contributed by atoms with Gasteiger partial charge in [-0.15, -0.1) is 0 Å². The van der Waals surface area contributed by atoms with E-state index in [1.165, 1.54) is 54.5 Å². The van der Waals surface area contributed by atoms with E-state index in [0.29, 0.717) is 0 Å². The first-order chi connectivity index (χ1) is 9.65. The maximum atomic E-state index is 3.55. The molecule has 0 unspecified atom stereocenters. The molecule has 0 amide bonds. The van der Waals surface area contributed by atoms with Crippen molar-refractivity contribution in [2.45, 2.75) is 39.7 Å². The van der Waals surface area contributed by atoms with Crippen LogP contribution >= 0.6 is 15.9 Å². The molecule has 112 valence electrons. The molecule has 0 spiro atoms. The van der Waals surface area contributed by atoms with Gasteiger partial charge in [-0.3, -0.25) is 0 Å². The van der Waals surface area contributed by atoms with Crippen LogP contribution in [-0.2, 0) is 6.54 Å². The second-order valence-electron chi connectivity index (χ2n) is 6.14. The van der Waals surface area contributed by atoms with Crippen LogP contribution in [0.25, 0.3) is 0 Å². The number of nitrogens with one attached hydrogen (secondary N) is 1. The van der Waals surface area contributed by atoms with Gasteiger partial charge in [0.05, 0.1) is 0 Å². The summed E-state index contributed by atoms with van der Waals surface area (Å²) in [5.74, 6) is 0.935. The summed E-state index contributed by atoms with van der Waals surface area (Å²) in [5.41, 5.74) is 2.68. The van der Waals surface area contributed by atoms with Crippen molar-refractivity contribution >= 4 is 15.9 Å². The van der Waals surface area contributed by atoms with Gasteiger partial charge < -0.3 is 10.2 Å². The minimum Gasteiger partial charge on any atom is -0.313 e. The highest BCUT2D eigenvalue weighted by molar-refractivity contribution is 9.10. The zero-order valence-electron chi connectivity index (χ0n) is 12.8. The van der Waals surface area contributed by atoms with E-state index in [2.05, 4.69) is 58.2 Å². The topological polar surface area (TPSA) is 15.3 Å². The Labute approximate surface area is 132 Å². The van der Waals surface area contributed by atoms with E-state index in [4.69, 9.17) is 0 Å². The molecular formula is C17H27BrN2.